The van der Waals surface area contributed by atoms with Crippen LogP contribution >= 0.6 is 27.3 Å². The zero-order chi connectivity index (χ0) is 15.4. The first-order chi connectivity index (χ1) is 9.97. The molecule has 120 valence electrons. The Morgan fingerprint density at radius 2 is 2.00 bits per heavy atom. The normalized spacial score (nSPS) is 26.7. The van der Waals surface area contributed by atoms with E-state index < -0.39 is 0 Å². The Balaban J connectivity index is 2.03. The summed E-state index contributed by atoms with van der Waals surface area (Å²) in [5, 5.41) is 5.89. The number of rotatable bonds is 6. The minimum atomic E-state index is 0.599. The van der Waals surface area contributed by atoms with Crippen molar-refractivity contribution in [2.45, 2.75) is 59.4 Å². The maximum absolute atomic E-state index is 3.71. The molecule has 1 N–H and O–H groups in total. The minimum Gasteiger partial charge on any atom is -0.314 e. The van der Waals surface area contributed by atoms with Gasteiger partial charge in [0, 0.05) is 15.4 Å². The van der Waals surface area contributed by atoms with E-state index >= 15 is 0 Å². The molecule has 0 aromatic carbocycles. The summed E-state index contributed by atoms with van der Waals surface area (Å²) in [7, 11) is 0. The second-order valence-electron chi connectivity index (χ2n) is 7.30. The van der Waals surface area contributed by atoms with Crippen molar-refractivity contribution >= 4 is 27.3 Å². The lowest BCUT2D eigenvalue weighted by molar-refractivity contribution is 0.143. The van der Waals surface area contributed by atoms with Crippen LogP contribution in [-0.4, -0.2) is 12.6 Å². The largest absolute Gasteiger partial charge is 0.314 e. The molecule has 0 aliphatic heterocycles. The van der Waals surface area contributed by atoms with Gasteiger partial charge >= 0.3 is 0 Å². The summed E-state index contributed by atoms with van der Waals surface area (Å²) < 4.78 is 1.31. The van der Waals surface area contributed by atoms with Gasteiger partial charge in [-0.1, -0.05) is 27.7 Å². The van der Waals surface area contributed by atoms with Crippen LogP contribution in [0.1, 0.15) is 51.8 Å². The van der Waals surface area contributed by atoms with E-state index in [0.717, 1.165) is 23.7 Å². The van der Waals surface area contributed by atoms with Crippen molar-refractivity contribution in [3.63, 3.8) is 0 Å². The van der Waals surface area contributed by atoms with Crippen molar-refractivity contribution < 1.29 is 0 Å². The molecule has 0 amide bonds. The Labute approximate surface area is 143 Å². The third-order valence-corrected chi connectivity index (χ3v) is 7.00. The van der Waals surface area contributed by atoms with Crippen LogP contribution in [0.25, 0.3) is 0 Å². The van der Waals surface area contributed by atoms with Gasteiger partial charge in [-0.3, -0.25) is 0 Å². The summed E-state index contributed by atoms with van der Waals surface area (Å²) in [4.78, 5) is 1.54. The van der Waals surface area contributed by atoms with E-state index in [0.29, 0.717) is 6.04 Å². The predicted molar refractivity (Wildman–Crippen MR) is 98.0 cm³/mol. The monoisotopic (exact) mass is 371 g/mol. The summed E-state index contributed by atoms with van der Waals surface area (Å²) in [5.74, 6) is 3.44. The van der Waals surface area contributed by atoms with Crippen molar-refractivity contribution in [2.24, 2.45) is 23.7 Å². The van der Waals surface area contributed by atoms with Gasteiger partial charge in [0.15, 0.2) is 0 Å². The second kappa shape index (κ2) is 8.12. The molecule has 2 rings (SSSR count). The molecule has 0 radical (unpaired) electrons. The van der Waals surface area contributed by atoms with Crippen LogP contribution in [0.3, 0.4) is 0 Å². The zero-order valence-corrected chi connectivity index (χ0v) is 16.3. The van der Waals surface area contributed by atoms with Crippen molar-refractivity contribution in [3.8, 4) is 0 Å². The first-order valence-corrected chi connectivity index (χ1v) is 10.1. The first-order valence-electron chi connectivity index (χ1n) is 8.42. The van der Waals surface area contributed by atoms with Crippen LogP contribution in [0.15, 0.2) is 15.9 Å². The first kappa shape index (κ1) is 17.5. The van der Waals surface area contributed by atoms with Crippen LogP contribution < -0.4 is 5.32 Å². The molecular weight excluding hydrogens is 342 g/mol. The maximum atomic E-state index is 3.71. The van der Waals surface area contributed by atoms with Gasteiger partial charge < -0.3 is 5.32 Å². The molecule has 1 aromatic rings. The van der Waals surface area contributed by atoms with Gasteiger partial charge in [-0.15, -0.1) is 11.3 Å². The Morgan fingerprint density at radius 3 is 2.57 bits per heavy atom. The van der Waals surface area contributed by atoms with E-state index in [9.17, 15) is 0 Å². The Bertz CT molecular complexity index is 427. The van der Waals surface area contributed by atoms with Crippen LogP contribution in [0.4, 0.5) is 0 Å². The highest BCUT2D eigenvalue weighted by Crippen LogP contribution is 2.40. The van der Waals surface area contributed by atoms with Gasteiger partial charge in [0.05, 0.1) is 0 Å². The number of hydrogen-bond donors (Lipinski definition) is 1. The molecule has 1 saturated carbocycles. The van der Waals surface area contributed by atoms with E-state index in [4.69, 9.17) is 0 Å². The van der Waals surface area contributed by atoms with Crippen LogP contribution in [-0.2, 0) is 6.42 Å². The van der Waals surface area contributed by atoms with Crippen molar-refractivity contribution in [1.82, 2.24) is 5.32 Å². The third-order valence-electron chi connectivity index (χ3n) is 5.05. The molecule has 3 heteroatoms. The Kier molecular flexibility index (Phi) is 6.77. The topological polar surface area (TPSA) is 12.0 Å². The molecule has 3 unspecified atom stereocenters. The molecule has 0 spiro atoms. The van der Waals surface area contributed by atoms with E-state index in [2.05, 4.69) is 60.4 Å². The zero-order valence-electron chi connectivity index (χ0n) is 13.9. The minimum absolute atomic E-state index is 0.599. The molecule has 0 bridgehead atoms. The van der Waals surface area contributed by atoms with E-state index in [1.54, 1.807) is 4.88 Å². The molecule has 1 nitrogen and oxygen atoms in total. The van der Waals surface area contributed by atoms with Gasteiger partial charge in [0.1, 0.15) is 0 Å². The van der Waals surface area contributed by atoms with Gasteiger partial charge in [-0.05, 0) is 83.3 Å². The third kappa shape index (κ3) is 5.07. The molecule has 3 atom stereocenters. The molecule has 1 aliphatic carbocycles. The van der Waals surface area contributed by atoms with Crippen molar-refractivity contribution in [2.75, 3.05) is 6.54 Å². The quantitative estimate of drug-likeness (QED) is 0.671. The Hall–Kier alpha value is 0.140. The van der Waals surface area contributed by atoms with Gasteiger partial charge in [-0.2, -0.15) is 0 Å². The highest BCUT2D eigenvalue weighted by atomic mass is 79.9. The number of halogens is 1. The summed E-state index contributed by atoms with van der Waals surface area (Å²) in [5.41, 5.74) is 0. The summed E-state index contributed by atoms with van der Waals surface area (Å²) in [6, 6.07) is 2.80. The van der Waals surface area contributed by atoms with Crippen LogP contribution in [0.2, 0.25) is 0 Å². The molecule has 0 saturated heterocycles. The number of thiophene rings is 1. The van der Waals surface area contributed by atoms with Gasteiger partial charge in [0.25, 0.3) is 0 Å². The van der Waals surface area contributed by atoms with E-state index in [1.165, 1.54) is 36.7 Å². The highest BCUT2D eigenvalue weighted by Gasteiger charge is 2.32. The standard InChI is InChI=1S/C18H30BrNS/c1-12(2)14-5-6-15(11-20-13(3)4)16(9-14)10-18-17(19)7-8-21-18/h7-8,12-16,20H,5-6,9-11H2,1-4H3. The average molecular weight is 372 g/mol. The SMILES string of the molecule is CC(C)NCC1CCC(C(C)C)CC1Cc1sccc1Br. The molecule has 1 fully saturated rings. The predicted octanol–water partition coefficient (Wildman–Crippen LogP) is 5.74. The smallest absolute Gasteiger partial charge is 0.0314 e. The van der Waals surface area contributed by atoms with Crippen LogP contribution in [0.5, 0.6) is 0 Å². The Morgan fingerprint density at radius 1 is 1.24 bits per heavy atom. The molecule has 1 aromatic heterocycles. The summed E-state index contributed by atoms with van der Waals surface area (Å²) in [6.07, 6.45) is 5.48. The lowest BCUT2D eigenvalue weighted by atomic mass is 9.69. The lowest BCUT2D eigenvalue weighted by Gasteiger charge is -2.38. The number of hydrogen-bond acceptors (Lipinski definition) is 2. The molecule has 1 aliphatic rings. The second-order valence-corrected chi connectivity index (χ2v) is 9.15. The van der Waals surface area contributed by atoms with Gasteiger partial charge in [-0.25, -0.2) is 0 Å². The fraction of sp³-hybridized carbons (Fsp3) is 0.778. The number of nitrogens with one attached hydrogen (secondary N) is 1. The van der Waals surface area contributed by atoms with Crippen molar-refractivity contribution in [1.29, 1.82) is 0 Å². The fourth-order valence-electron chi connectivity index (χ4n) is 3.58. The average Bonchev–Trinajstić information content (AvgIpc) is 2.82. The molecular formula is C18H30BrNS. The molecule has 1 heterocycles. The van der Waals surface area contributed by atoms with Crippen molar-refractivity contribution in [3.05, 3.63) is 20.8 Å². The highest BCUT2D eigenvalue weighted by molar-refractivity contribution is 9.10. The maximum Gasteiger partial charge on any atom is 0.0314 e. The summed E-state index contributed by atoms with van der Waals surface area (Å²) in [6.45, 7) is 10.5. The summed E-state index contributed by atoms with van der Waals surface area (Å²) >= 11 is 5.63. The lowest BCUT2D eigenvalue weighted by Crippen LogP contribution is -2.37. The van der Waals surface area contributed by atoms with E-state index in [-0.39, 0.29) is 0 Å². The van der Waals surface area contributed by atoms with Gasteiger partial charge in [0.2, 0.25) is 0 Å². The van der Waals surface area contributed by atoms with E-state index in [1.807, 2.05) is 11.3 Å². The fourth-order valence-corrected chi connectivity index (χ4v) is 5.19. The molecule has 21 heavy (non-hydrogen) atoms. The van der Waals surface area contributed by atoms with Crippen LogP contribution in [0, 0.1) is 23.7 Å².